The summed E-state index contributed by atoms with van der Waals surface area (Å²) in [4.78, 5) is 87.9. The highest BCUT2D eigenvalue weighted by Gasteiger charge is 2.48. The van der Waals surface area contributed by atoms with Gasteiger partial charge in [-0.2, -0.15) is 0 Å². The van der Waals surface area contributed by atoms with Crippen molar-refractivity contribution in [2.24, 2.45) is 5.92 Å². The van der Waals surface area contributed by atoms with E-state index in [1.165, 1.54) is 11.9 Å². The number of unbranched alkanes of at least 4 members (excludes halogenated alkanes) is 1. The van der Waals surface area contributed by atoms with Gasteiger partial charge in [-0.1, -0.05) is 32.9 Å². The number of rotatable bonds is 28. The molecule has 2 aromatic carbocycles. The zero-order chi connectivity index (χ0) is 55.8. The van der Waals surface area contributed by atoms with Crippen LogP contribution in [0.25, 0.3) is 22.2 Å². The fourth-order valence-corrected chi connectivity index (χ4v) is 10.9. The molecule has 5 atom stereocenters. The van der Waals surface area contributed by atoms with Crippen LogP contribution >= 0.6 is 0 Å². The van der Waals surface area contributed by atoms with E-state index in [1.807, 2.05) is 0 Å². The van der Waals surface area contributed by atoms with Gasteiger partial charge in [-0.15, -0.1) is 0 Å². The van der Waals surface area contributed by atoms with Crippen molar-refractivity contribution in [2.75, 3.05) is 76.5 Å². The van der Waals surface area contributed by atoms with E-state index in [0.29, 0.717) is 93.8 Å². The van der Waals surface area contributed by atoms with Crippen LogP contribution in [0.2, 0.25) is 0 Å². The molecule has 2 saturated heterocycles. The van der Waals surface area contributed by atoms with Crippen molar-refractivity contribution in [1.82, 2.24) is 49.9 Å². The van der Waals surface area contributed by atoms with Gasteiger partial charge in [0.05, 0.1) is 68.1 Å². The van der Waals surface area contributed by atoms with E-state index in [4.69, 9.17) is 23.9 Å². The van der Waals surface area contributed by atoms with Crippen molar-refractivity contribution >= 4 is 63.2 Å². The number of aliphatic hydroxyl groups excluding tert-OH is 2. The van der Waals surface area contributed by atoms with Crippen molar-refractivity contribution in [1.29, 1.82) is 0 Å². The summed E-state index contributed by atoms with van der Waals surface area (Å²) in [5, 5.41) is 34.2. The van der Waals surface area contributed by atoms with E-state index in [-0.39, 0.29) is 54.4 Å². The van der Waals surface area contributed by atoms with Crippen LogP contribution in [0.3, 0.4) is 0 Å². The Morgan fingerprint density at radius 3 is 2.42 bits per heavy atom. The average molecular weight is 1090 g/mol. The van der Waals surface area contributed by atoms with Gasteiger partial charge >= 0.3 is 0 Å². The molecule has 4 aliphatic rings. The van der Waals surface area contributed by atoms with Crippen molar-refractivity contribution in [2.45, 2.75) is 140 Å². The number of aromatic nitrogens is 6. The fourth-order valence-electron chi connectivity index (χ4n) is 10.9. The van der Waals surface area contributed by atoms with Gasteiger partial charge in [0.25, 0.3) is 11.8 Å². The molecule has 23 heteroatoms. The molecule has 7 N–H and O–H groups in total. The normalized spacial score (nSPS) is 22.3. The molecule has 5 amide bonds. The SMILES string of the molecule is CC(C)N(C[C@H]1O[C@@H](n2cnc3c(NCCCCNC(=O)CCOCCOCCOCCNc4cccc5c4C(=O)N(C4CCC(=O)NC4=O)C5=O)ncnc32)C(O)C1O)C1CC(CCc2nc3ccc(C(C)(C)C)cc3[nH]2)C1. The predicted octanol–water partition coefficient (Wildman–Crippen LogP) is 4.00. The van der Waals surface area contributed by atoms with Crippen LogP contribution in [0.15, 0.2) is 49.1 Å². The Kier molecular flexibility index (Phi) is 18.7. The highest BCUT2D eigenvalue weighted by atomic mass is 16.6. The number of hydrogen-bond acceptors (Lipinski definition) is 18. The zero-order valence-electron chi connectivity index (χ0n) is 45.9. The summed E-state index contributed by atoms with van der Waals surface area (Å²) in [6.45, 7) is 14.8. The number of ether oxygens (including phenoxy) is 4. The number of nitrogens with one attached hydrogen (secondary N) is 5. The minimum Gasteiger partial charge on any atom is -0.387 e. The molecule has 1 aliphatic carbocycles. The molecule has 23 nitrogen and oxygen atoms in total. The molecule has 79 heavy (non-hydrogen) atoms. The van der Waals surface area contributed by atoms with Crippen LogP contribution in [0.5, 0.6) is 0 Å². The Labute approximate surface area is 459 Å². The lowest BCUT2D eigenvalue weighted by molar-refractivity contribution is -0.136. The molecule has 0 spiro atoms. The molecule has 9 rings (SSSR count). The monoisotopic (exact) mass is 1090 g/mol. The molecule has 3 aromatic heterocycles. The van der Waals surface area contributed by atoms with Crippen molar-refractivity contribution in [3.8, 4) is 0 Å². The number of amides is 5. The average Bonchev–Trinajstić information content (AvgIpc) is 4.15. The van der Waals surface area contributed by atoms with Crippen molar-refractivity contribution in [3.63, 3.8) is 0 Å². The first-order chi connectivity index (χ1) is 38.0. The van der Waals surface area contributed by atoms with E-state index in [2.05, 4.69) is 98.9 Å². The van der Waals surface area contributed by atoms with Gasteiger partial charge in [0.1, 0.15) is 36.5 Å². The van der Waals surface area contributed by atoms with Crippen molar-refractivity contribution in [3.05, 3.63) is 71.6 Å². The van der Waals surface area contributed by atoms with Crippen LogP contribution in [0.1, 0.15) is 124 Å². The molecular weight excluding hydrogens is 1020 g/mol. The number of aryl methyl sites for hydroxylation is 1. The molecule has 3 fully saturated rings. The Bertz CT molecular complexity index is 2950. The van der Waals surface area contributed by atoms with Crippen LogP contribution in [0.4, 0.5) is 11.5 Å². The Balaban J connectivity index is 0.606. The maximum Gasteiger partial charge on any atom is 0.264 e. The minimum atomic E-state index is -1.18. The quantitative estimate of drug-likeness (QED) is 0.0275. The number of imidazole rings is 2. The van der Waals surface area contributed by atoms with Gasteiger partial charge in [-0.25, -0.2) is 19.9 Å². The summed E-state index contributed by atoms with van der Waals surface area (Å²) in [5.74, 6) is -0.193. The van der Waals surface area contributed by atoms with E-state index in [9.17, 15) is 34.2 Å². The zero-order valence-corrected chi connectivity index (χ0v) is 45.9. The van der Waals surface area contributed by atoms with E-state index in [0.717, 1.165) is 60.3 Å². The molecule has 0 radical (unpaired) electrons. The van der Waals surface area contributed by atoms with E-state index in [1.54, 1.807) is 29.1 Å². The van der Waals surface area contributed by atoms with Crippen molar-refractivity contribution < 1.29 is 53.1 Å². The number of hydrogen-bond donors (Lipinski definition) is 7. The third-order valence-electron chi connectivity index (χ3n) is 15.4. The second-order valence-electron chi connectivity index (χ2n) is 22.3. The number of benzene rings is 2. The molecule has 426 valence electrons. The van der Waals surface area contributed by atoms with Crippen LogP contribution < -0.4 is 21.3 Å². The van der Waals surface area contributed by atoms with Gasteiger partial charge in [0.15, 0.2) is 23.2 Å². The Morgan fingerprint density at radius 2 is 1.66 bits per heavy atom. The molecule has 6 heterocycles. The lowest BCUT2D eigenvalue weighted by Gasteiger charge is -2.46. The van der Waals surface area contributed by atoms with Gasteiger partial charge in [0, 0.05) is 63.2 Å². The number of H-pyrrole nitrogens is 1. The van der Waals surface area contributed by atoms with Gasteiger partial charge in [0.2, 0.25) is 17.7 Å². The third-order valence-corrected chi connectivity index (χ3v) is 15.4. The number of nitrogens with zero attached hydrogens (tertiary/aromatic N) is 7. The number of anilines is 2. The summed E-state index contributed by atoms with van der Waals surface area (Å²) < 4.78 is 24.9. The predicted molar refractivity (Wildman–Crippen MR) is 292 cm³/mol. The summed E-state index contributed by atoms with van der Waals surface area (Å²) in [7, 11) is 0. The molecular formula is C56H76N12O11. The molecule has 3 unspecified atom stereocenters. The Hall–Kier alpha value is -6.47. The highest BCUT2D eigenvalue weighted by Crippen LogP contribution is 2.39. The number of carbonyl (C=O) groups excluding carboxylic acids is 5. The van der Waals surface area contributed by atoms with Gasteiger partial charge in [-0.05, 0) is 93.5 Å². The lowest BCUT2D eigenvalue weighted by Crippen LogP contribution is -2.54. The second kappa shape index (κ2) is 25.8. The summed E-state index contributed by atoms with van der Waals surface area (Å²) in [6.07, 6.45) is 5.14. The fraction of sp³-hybridized carbons (Fsp3) is 0.589. The smallest absolute Gasteiger partial charge is 0.264 e. The number of aromatic amines is 1. The number of aliphatic hydroxyl groups is 2. The lowest BCUT2D eigenvalue weighted by atomic mass is 9.76. The Morgan fingerprint density at radius 1 is 0.899 bits per heavy atom. The first-order valence-corrected chi connectivity index (χ1v) is 27.8. The summed E-state index contributed by atoms with van der Waals surface area (Å²) in [5.41, 5.74) is 5.30. The molecule has 0 bridgehead atoms. The molecule has 1 saturated carbocycles. The topological polar surface area (TPSA) is 290 Å². The number of carbonyl (C=O) groups is 5. The minimum absolute atomic E-state index is 0.0488. The first-order valence-electron chi connectivity index (χ1n) is 27.8. The maximum atomic E-state index is 13.3. The summed E-state index contributed by atoms with van der Waals surface area (Å²) in [6, 6.07) is 10.9. The molecule has 5 aromatic rings. The van der Waals surface area contributed by atoms with Crippen LogP contribution in [-0.4, -0.2) is 181 Å². The largest absolute Gasteiger partial charge is 0.387 e. The number of imide groups is 2. The van der Waals surface area contributed by atoms with Crippen LogP contribution in [0, 0.1) is 5.92 Å². The number of fused-ring (bicyclic) bond motifs is 3. The maximum absolute atomic E-state index is 13.3. The second-order valence-corrected chi connectivity index (χ2v) is 22.3. The standard InChI is InChI=1S/C56H76N12O11/c1-33(2)66(36-27-34(28-36)11-15-43-63-38-13-12-35(56(3,4)5)29-40(38)64-43)30-42-48(71)49(72)55(79-42)67-32-62-47-50(60-31-61-51(47)67)59-19-7-6-18-58-44(69)17-21-76-23-25-78-26-24-77-22-20-57-39-10-8-9-37-46(39)54(75)68(53(37)74)41-14-16-45(70)65-52(41)73/h8-10,12-13,29,31-34,36,41-42,48-49,55,57,71-72H,6-7,11,14-28,30H2,1-5H3,(H,58,69)(H,63,64)(H,59,60,61)(H,65,70,73)/t34?,36?,41?,42-,48?,49?,55-/m1/s1. The van der Waals surface area contributed by atoms with E-state index < -0.39 is 54.2 Å². The first kappa shape index (κ1) is 57.2. The number of piperidine rings is 1. The van der Waals surface area contributed by atoms with Gasteiger partial charge in [-0.3, -0.25) is 43.7 Å². The third kappa shape index (κ3) is 13.6. The summed E-state index contributed by atoms with van der Waals surface area (Å²) >= 11 is 0. The molecule has 3 aliphatic heterocycles. The highest BCUT2D eigenvalue weighted by molar-refractivity contribution is 6.25. The van der Waals surface area contributed by atoms with Gasteiger partial charge < -0.3 is 50.1 Å². The van der Waals surface area contributed by atoms with E-state index >= 15 is 0 Å². The van der Waals surface area contributed by atoms with Crippen LogP contribution in [-0.2, 0) is 45.2 Å².